The van der Waals surface area contributed by atoms with Gasteiger partial charge in [-0.2, -0.15) is 0 Å². The minimum absolute atomic E-state index is 0.425. The predicted octanol–water partition coefficient (Wildman–Crippen LogP) is 2.36. The average molecular weight is 232 g/mol. The molecule has 0 aliphatic rings. The molecular weight excluding hydrogens is 216 g/mol. The summed E-state index contributed by atoms with van der Waals surface area (Å²) >= 11 is 0. The van der Waals surface area contributed by atoms with Crippen LogP contribution in [-0.4, -0.2) is 7.11 Å². The Morgan fingerprint density at radius 3 is 2.88 bits per heavy atom. The standard InChI is InChI=1S/C13H16N2O2/c1-16-13-5-3-2-4-12(13)15-8-10-6-11(7-14)17-9-10/h2-6,9,15H,7-8,14H2,1H3. The van der Waals surface area contributed by atoms with E-state index in [4.69, 9.17) is 14.9 Å². The van der Waals surface area contributed by atoms with Gasteiger partial charge in [-0.3, -0.25) is 0 Å². The van der Waals surface area contributed by atoms with Crippen LogP contribution in [0.4, 0.5) is 5.69 Å². The highest BCUT2D eigenvalue weighted by molar-refractivity contribution is 5.56. The second-order valence-corrected chi connectivity index (χ2v) is 3.68. The highest BCUT2D eigenvalue weighted by Gasteiger charge is 2.03. The van der Waals surface area contributed by atoms with Crippen molar-refractivity contribution in [3.8, 4) is 5.75 Å². The first-order valence-corrected chi connectivity index (χ1v) is 5.46. The maximum atomic E-state index is 5.48. The molecule has 90 valence electrons. The molecule has 0 saturated carbocycles. The van der Waals surface area contributed by atoms with Crippen molar-refractivity contribution in [3.63, 3.8) is 0 Å². The van der Waals surface area contributed by atoms with E-state index >= 15 is 0 Å². The summed E-state index contributed by atoms with van der Waals surface area (Å²) in [5, 5.41) is 3.29. The summed E-state index contributed by atoms with van der Waals surface area (Å²) in [6.07, 6.45) is 1.71. The fraction of sp³-hybridized carbons (Fsp3) is 0.231. The Hall–Kier alpha value is -1.94. The molecule has 1 aromatic heterocycles. The second kappa shape index (κ2) is 5.41. The zero-order chi connectivity index (χ0) is 12.1. The number of furan rings is 1. The van der Waals surface area contributed by atoms with Crippen molar-refractivity contribution in [3.05, 3.63) is 47.9 Å². The molecule has 0 spiro atoms. The Kier molecular flexibility index (Phi) is 3.67. The molecule has 0 saturated heterocycles. The summed E-state index contributed by atoms with van der Waals surface area (Å²) in [6, 6.07) is 9.74. The largest absolute Gasteiger partial charge is 0.495 e. The van der Waals surface area contributed by atoms with Crippen LogP contribution in [0, 0.1) is 0 Å². The van der Waals surface area contributed by atoms with Gasteiger partial charge in [0.15, 0.2) is 0 Å². The summed E-state index contributed by atoms with van der Waals surface area (Å²) in [7, 11) is 1.66. The number of nitrogens with two attached hydrogens (primary N) is 1. The van der Waals surface area contributed by atoms with Crippen molar-refractivity contribution in [1.82, 2.24) is 0 Å². The van der Waals surface area contributed by atoms with Crippen molar-refractivity contribution in [1.29, 1.82) is 0 Å². The van der Waals surface area contributed by atoms with Gasteiger partial charge in [0.25, 0.3) is 0 Å². The Bertz CT molecular complexity index is 480. The molecule has 2 aromatic rings. The summed E-state index contributed by atoms with van der Waals surface area (Å²) in [6.45, 7) is 1.11. The van der Waals surface area contributed by atoms with Crippen LogP contribution in [0.5, 0.6) is 5.75 Å². The van der Waals surface area contributed by atoms with Gasteiger partial charge < -0.3 is 20.2 Å². The monoisotopic (exact) mass is 232 g/mol. The van der Waals surface area contributed by atoms with Gasteiger partial charge in [0, 0.05) is 12.1 Å². The summed E-state index contributed by atoms with van der Waals surface area (Å²) in [5.74, 6) is 1.62. The zero-order valence-corrected chi connectivity index (χ0v) is 9.77. The average Bonchev–Trinajstić information content (AvgIpc) is 2.84. The maximum Gasteiger partial charge on any atom is 0.141 e. The van der Waals surface area contributed by atoms with Gasteiger partial charge in [-0.05, 0) is 18.2 Å². The molecule has 1 heterocycles. The van der Waals surface area contributed by atoms with Crippen LogP contribution in [0.15, 0.2) is 41.0 Å². The number of rotatable bonds is 5. The first kappa shape index (κ1) is 11.5. The van der Waals surface area contributed by atoms with Crippen LogP contribution in [0.2, 0.25) is 0 Å². The second-order valence-electron chi connectivity index (χ2n) is 3.68. The number of ether oxygens (including phenoxy) is 1. The van der Waals surface area contributed by atoms with E-state index in [-0.39, 0.29) is 0 Å². The normalized spacial score (nSPS) is 10.2. The van der Waals surface area contributed by atoms with E-state index in [0.717, 1.165) is 22.8 Å². The zero-order valence-electron chi connectivity index (χ0n) is 9.77. The lowest BCUT2D eigenvalue weighted by atomic mass is 10.2. The summed E-state index contributed by atoms with van der Waals surface area (Å²) in [5.41, 5.74) is 7.51. The van der Waals surface area contributed by atoms with Crippen LogP contribution in [0.25, 0.3) is 0 Å². The molecule has 4 nitrogen and oxygen atoms in total. The molecule has 0 atom stereocenters. The minimum Gasteiger partial charge on any atom is -0.495 e. The number of benzene rings is 1. The Morgan fingerprint density at radius 1 is 1.35 bits per heavy atom. The van der Waals surface area contributed by atoms with Crippen LogP contribution in [0.1, 0.15) is 11.3 Å². The van der Waals surface area contributed by atoms with Gasteiger partial charge in [0.1, 0.15) is 11.5 Å². The molecule has 3 N–H and O–H groups in total. The molecule has 0 radical (unpaired) electrons. The van der Waals surface area contributed by atoms with E-state index in [1.165, 1.54) is 0 Å². The van der Waals surface area contributed by atoms with Gasteiger partial charge in [-0.25, -0.2) is 0 Å². The van der Waals surface area contributed by atoms with Gasteiger partial charge in [0.05, 0.1) is 25.6 Å². The fourth-order valence-corrected chi connectivity index (χ4v) is 1.61. The Labute approximate surface area is 100 Å². The topological polar surface area (TPSA) is 60.4 Å². The smallest absolute Gasteiger partial charge is 0.141 e. The molecule has 0 aliphatic carbocycles. The van der Waals surface area contributed by atoms with Crippen molar-refractivity contribution < 1.29 is 9.15 Å². The maximum absolute atomic E-state index is 5.48. The summed E-state index contributed by atoms with van der Waals surface area (Å²) < 4.78 is 10.5. The minimum atomic E-state index is 0.425. The summed E-state index contributed by atoms with van der Waals surface area (Å²) in [4.78, 5) is 0. The van der Waals surface area contributed by atoms with E-state index in [1.54, 1.807) is 13.4 Å². The third-order valence-corrected chi connectivity index (χ3v) is 2.50. The van der Waals surface area contributed by atoms with Crippen LogP contribution in [0.3, 0.4) is 0 Å². The van der Waals surface area contributed by atoms with E-state index in [2.05, 4.69) is 5.32 Å². The fourth-order valence-electron chi connectivity index (χ4n) is 1.61. The van der Waals surface area contributed by atoms with Crippen molar-refractivity contribution >= 4 is 5.69 Å². The molecule has 0 fully saturated rings. The lowest BCUT2D eigenvalue weighted by molar-refractivity contribution is 0.416. The third kappa shape index (κ3) is 2.79. The number of nitrogens with one attached hydrogen (secondary N) is 1. The van der Waals surface area contributed by atoms with E-state index in [9.17, 15) is 0 Å². The van der Waals surface area contributed by atoms with E-state index in [1.807, 2.05) is 30.3 Å². The Balaban J connectivity index is 2.01. The van der Waals surface area contributed by atoms with Crippen LogP contribution >= 0.6 is 0 Å². The molecule has 0 unspecified atom stereocenters. The first-order valence-electron chi connectivity index (χ1n) is 5.46. The third-order valence-electron chi connectivity index (χ3n) is 2.50. The molecule has 0 amide bonds. The van der Waals surface area contributed by atoms with Crippen molar-refractivity contribution in [2.45, 2.75) is 13.1 Å². The molecule has 1 aromatic carbocycles. The van der Waals surface area contributed by atoms with Gasteiger partial charge >= 0.3 is 0 Å². The van der Waals surface area contributed by atoms with Gasteiger partial charge in [0.2, 0.25) is 0 Å². The highest BCUT2D eigenvalue weighted by Crippen LogP contribution is 2.23. The van der Waals surface area contributed by atoms with Crippen LogP contribution in [-0.2, 0) is 13.1 Å². The molecule has 2 rings (SSSR count). The molecule has 4 heteroatoms. The molecule has 0 bridgehead atoms. The predicted molar refractivity (Wildman–Crippen MR) is 66.9 cm³/mol. The van der Waals surface area contributed by atoms with E-state index < -0.39 is 0 Å². The molecular formula is C13H16N2O2. The number of anilines is 1. The number of para-hydroxylation sites is 2. The lowest BCUT2D eigenvalue weighted by Crippen LogP contribution is -2.00. The van der Waals surface area contributed by atoms with Gasteiger partial charge in [-0.15, -0.1) is 0 Å². The Morgan fingerprint density at radius 2 is 2.18 bits per heavy atom. The van der Waals surface area contributed by atoms with Gasteiger partial charge in [-0.1, -0.05) is 12.1 Å². The van der Waals surface area contributed by atoms with Crippen molar-refractivity contribution in [2.24, 2.45) is 5.73 Å². The SMILES string of the molecule is COc1ccccc1NCc1coc(CN)c1. The number of methoxy groups -OCH3 is 1. The van der Waals surface area contributed by atoms with Crippen molar-refractivity contribution in [2.75, 3.05) is 12.4 Å². The van der Waals surface area contributed by atoms with Crippen LogP contribution < -0.4 is 15.8 Å². The lowest BCUT2D eigenvalue weighted by Gasteiger charge is -2.09. The van der Waals surface area contributed by atoms with E-state index in [0.29, 0.717) is 13.1 Å². The highest BCUT2D eigenvalue weighted by atomic mass is 16.5. The quantitative estimate of drug-likeness (QED) is 0.830. The number of hydrogen-bond acceptors (Lipinski definition) is 4. The molecule has 0 aliphatic heterocycles. The number of hydrogen-bond donors (Lipinski definition) is 2. The molecule has 17 heavy (non-hydrogen) atoms. The first-order chi connectivity index (χ1) is 8.33.